The molecule has 1 saturated carbocycles. The van der Waals surface area contributed by atoms with Crippen LogP contribution in [0.5, 0.6) is 0 Å². The Morgan fingerprint density at radius 1 is 1.29 bits per heavy atom. The van der Waals surface area contributed by atoms with Gasteiger partial charge in [0, 0.05) is 23.6 Å². The van der Waals surface area contributed by atoms with E-state index >= 15 is 0 Å². The number of benzene rings is 1. The molecule has 0 aliphatic heterocycles. The van der Waals surface area contributed by atoms with Crippen molar-refractivity contribution in [2.75, 3.05) is 0 Å². The fourth-order valence-corrected chi connectivity index (χ4v) is 1.91. The highest BCUT2D eigenvalue weighted by molar-refractivity contribution is 5.80. The van der Waals surface area contributed by atoms with Gasteiger partial charge >= 0.3 is 0 Å². The van der Waals surface area contributed by atoms with Crippen molar-refractivity contribution in [1.29, 1.82) is 0 Å². The number of halogens is 1. The van der Waals surface area contributed by atoms with Gasteiger partial charge in [0.15, 0.2) is 0 Å². The van der Waals surface area contributed by atoms with Crippen molar-refractivity contribution < 1.29 is 4.39 Å². The molecule has 1 aromatic heterocycles. The molecule has 14 heavy (non-hydrogen) atoms. The van der Waals surface area contributed by atoms with Gasteiger partial charge in [-0.05, 0) is 43.0 Å². The van der Waals surface area contributed by atoms with Crippen LogP contribution in [0.15, 0.2) is 30.5 Å². The van der Waals surface area contributed by atoms with Crippen LogP contribution in [-0.2, 0) is 6.54 Å². The zero-order valence-electron chi connectivity index (χ0n) is 7.91. The summed E-state index contributed by atoms with van der Waals surface area (Å²) < 4.78 is 15.1. The molecule has 1 heterocycles. The third-order valence-electron chi connectivity index (χ3n) is 2.88. The SMILES string of the molecule is Fc1ccc2c(ccn2CC2CC2)c1. The molecular formula is C12H12FN. The molecule has 2 aromatic rings. The Morgan fingerprint density at radius 3 is 2.93 bits per heavy atom. The van der Waals surface area contributed by atoms with Crippen molar-refractivity contribution in [3.05, 3.63) is 36.3 Å². The monoisotopic (exact) mass is 189 g/mol. The van der Waals surface area contributed by atoms with Gasteiger partial charge in [0.05, 0.1) is 0 Å². The van der Waals surface area contributed by atoms with E-state index in [-0.39, 0.29) is 5.82 Å². The molecule has 0 amide bonds. The molecule has 3 rings (SSSR count). The summed E-state index contributed by atoms with van der Waals surface area (Å²) in [6, 6.07) is 6.98. The smallest absolute Gasteiger partial charge is 0.123 e. The minimum Gasteiger partial charge on any atom is -0.347 e. The molecule has 1 fully saturated rings. The van der Waals surface area contributed by atoms with Crippen molar-refractivity contribution in [2.45, 2.75) is 19.4 Å². The van der Waals surface area contributed by atoms with E-state index in [2.05, 4.69) is 10.8 Å². The third kappa shape index (κ3) is 1.31. The fraction of sp³-hybridized carbons (Fsp3) is 0.333. The minimum atomic E-state index is -0.151. The summed E-state index contributed by atoms with van der Waals surface area (Å²) in [4.78, 5) is 0. The van der Waals surface area contributed by atoms with Crippen molar-refractivity contribution >= 4 is 10.9 Å². The zero-order valence-corrected chi connectivity index (χ0v) is 7.91. The first-order chi connectivity index (χ1) is 6.83. The maximum atomic E-state index is 12.9. The number of hydrogen-bond donors (Lipinski definition) is 0. The molecular weight excluding hydrogens is 177 g/mol. The van der Waals surface area contributed by atoms with Gasteiger partial charge in [-0.1, -0.05) is 0 Å². The molecule has 0 N–H and O–H groups in total. The summed E-state index contributed by atoms with van der Waals surface area (Å²) in [5, 5.41) is 1.01. The highest BCUT2D eigenvalue weighted by atomic mass is 19.1. The quantitative estimate of drug-likeness (QED) is 0.683. The Morgan fingerprint density at radius 2 is 2.14 bits per heavy atom. The highest BCUT2D eigenvalue weighted by Gasteiger charge is 2.21. The Kier molecular flexibility index (Phi) is 1.63. The summed E-state index contributed by atoms with van der Waals surface area (Å²) in [6.07, 6.45) is 4.75. The molecule has 1 aromatic carbocycles. The molecule has 0 spiro atoms. The van der Waals surface area contributed by atoms with E-state index in [0.717, 1.165) is 23.4 Å². The second-order valence-corrected chi connectivity index (χ2v) is 4.11. The van der Waals surface area contributed by atoms with Gasteiger partial charge in [0.1, 0.15) is 5.82 Å². The first kappa shape index (κ1) is 8.04. The Balaban J connectivity index is 2.06. The lowest BCUT2D eigenvalue weighted by molar-refractivity contribution is 0.628. The minimum absolute atomic E-state index is 0.151. The molecule has 72 valence electrons. The molecule has 1 nitrogen and oxygen atoms in total. The van der Waals surface area contributed by atoms with E-state index < -0.39 is 0 Å². The molecule has 0 radical (unpaired) electrons. The first-order valence-electron chi connectivity index (χ1n) is 5.07. The van der Waals surface area contributed by atoms with Crippen LogP contribution >= 0.6 is 0 Å². The average Bonchev–Trinajstić information content (AvgIpc) is 2.89. The predicted molar refractivity (Wildman–Crippen MR) is 54.6 cm³/mol. The summed E-state index contributed by atoms with van der Waals surface area (Å²) in [7, 11) is 0. The molecule has 1 aliphatic rings. The summed E-state index contributed by atoms with van der Waals surface area (Å²) in [5.41, 5.74) is 1.15. The van der Waals surface area contributed by atoms with Crippen molar-refractivity contribution in [2.24, 2.45) is 5.92 Å². The van der Waals surface area contributed by atoms with E-state index in [0.29, 0.717) is 0 Å². The number of aromatic nitrogens is 1. The van der Waals surface area contributed by atoms with Gasteiger partial charge < -0.3 is 4.57 Å². The lowest BCUT2D eigenvalue weighted by Crippen LogP contribution is -1.96. The first-order valence-corrected chi connectivity index (χ1v) is 5.07. The van der Waals surface area contributed by atoms with E-state index in [4.69, 9.17) is 0 Å². The van der Waals surface area contributed by atoms with Crippen LogP contribution in [0.3, 0.4) is 0 Å². The number of fused-ring (bicyclic) bond motifs is 1. The number of rotatable bonds is 2. The van der Waals surface area contributed by atoms with Crippen molar-refractivity contribution in [3.8, 4) is 0 Å². The van der Waals surface area contributed by atoms with Crippen LogP contribution in [0.4, 0.5) is 4.39 Å². The van der Waals surface area contributed by atoms with Crippen LogP contribution in [0.25, 0.3) is 10.9 Å². The van der Waals surface area contributed by atoms with Crippen LogP contribution in [-0.4, -0.2) is 4.57 Å². The fourth-order valence-electron chi connectivity index (χ4n) is 1.91. The normalized spacial score (nSPS) is 16.4. The van der Waals surface area contributed by atoms with Gasteiger partial charge in [-0.3, -0.25) is 0 Å². The molecule has 0 unspecified atom stereocenters. The van der Waals surface area contributed by atoms with E-state index in [1.54, 1.807) is 6.07 Å². The van der Waals surface area contributed by atoms with Crippen LogP contribution in [0.2, 0.25) is 0 Å². The van der Waals surface area contributed by atoms with E-state index in [9.17, 15) is 4.39 Å². The van der Waals surface area contributed by atoms with Crippen LogP contribution in [0, 0.1) is 11.7 Å². The zero-order chi connectivity index (χ0) is 9.54. The topological polar surface area (TPSA) is 4.93 Å². The maximum absolute atomic E-state index is 12.9. The van der Waals surface area contributed by atoms with Crippen molar-refractivity contribution in [1.82, 2.24) is 4.57 Å². The number of nitrogens with zero attached hydrogens (tertiary/aromatic N) is 1. The second-order valence-electron chi connectivity index (χ2n) is 4.11. The second kappa shape index (κ2) is 2.84. The molecule has 2 heteroatoms. The molecule has 0 bridgehead atoms. The van der Waals surface area contributed by atoms with E-state index in [1.165, 1.54) is 18.9 Å². The van der Waals surface area contributed by atoms with Gasteiger partial charge in [-0.25, -0.2) is 4.39 Å². The van der Waals surface area contributed by atoms with Crippen molar-refractivity contribution in [3.63, 3.8) is 0 Å². The third-order valence-corrected chi connectivity index (χ3v) is 2.88. The summed E-state index contributed by atoms with van der Waals surface area (Å²) >= 11 is 0. The Hall–Kier alpha value is -1.31. The molecule has 0 atom stereocenters. The van der Waals surface area contributed by atoms with Gasteiger partial charge in [0.2, 0.25) is 0 Å². The maximum Gasteiger partial charge on any atom is 0.123 e. The van der Waals surface area contributed by atoms with Crippen LogP contribution in [0.1, 0.15) is 12.8 Å². The lowest BCUT2D eigenvalue weighted by atomic mass is 10.2. The van der Waals surface area contributed by atoms with E-state index in [1.807, 2.05) is 12.1 Å². The van der Waals surface area contributed by atoms with Gasteiger partial charge in [-0.2, -0.15) is 0 Å². The Labute approximate surface area is 82.2 Å². The van der Waals surface area contributed by atoms with Crippen LogP contribution < -0.4 is 0 Å². The molecule has 0 saturated heterocycles. The van der Waals surface area contributed by atoms with Gasteiger partial charge in [0.25, 0.3) is 0 Å². The largest absolute Gasteiger partial charge is 0.347 e. The Bertz CT molecular complexity index is 468. The highest BCUT2D eigenvalue weighted by Crippen LogP contribution is 2.32. The lowest BCUT2D eigenvalue weighted by Gasteiger charge is -2.02. The standard InChI is InChI=1S/C12H12FN/c13-11-3-4-12-10(7-11)5-6-14(12)8-9-1-2-9/h3-7,9H,1-2,8H2. The average molecular weight is 189 g/mol. The summed E-state index contributed by atoms with van der Waals surface area (Å²) in [6.45, 7) is 1.09. The van der Waals surface area contributed by atoms with Gasteiger partial charge in [-0.15, -0.1) is 0 Å². The molecule has 1 aliphatic carbocycles. The summed E-state index contributed by atoms with van der Waals surface area (Å²) in [5.74, 6) is 0.706. The number of hydrogen-bond acceptors (Lipinski definition) is 0. The predicted octanol–water partition coefficient (Wildman–Crippen LogP) is 3.19.